The van der Waals surface area contributed by atoms with Gasteiger partial charge in [-0.2, -0.15) is 0 Å². The predicted molar refractivity (Wildman–Crippen MR) is 276 cm³/mol. The Balaban J connectivity index is 1.23. The summed E-state index contributed by atoms with van der Waals surface area (Å²) >= 11 is 0. The molecule has 4 aromatic heterocycles. The van der Waals surface area contributed by atoms with E-state index in [1.54, 1.807) is 12.1 Å². The van der Waals surface area contributed by atoms with Gasteiger partial charge in [-0.3, -0.25) is 9.78 Å². The number of nitrogens with one attached hydrogen (secondary N) is 2. The van der Waals surface area contributed by atoms with Gasteiger partial charge in [0.25, 0.3) is 0 Å². The lowest BCUT2D eigenvalue weighted by atomic mass is 9.86. The summed E-state index contributed by atoms with van der Waals surface area (Å²) in [5, 5.41) is 0.182. The lowest BCUT2D eigenvalue weighted by Gasteiger charge is -2.21. The molecule has 2 N–H and O–H groups in total. The molecule has 0 radical (unpaired) electrons. The summed E-state index contributed by atoms with van der Waals surface area (Å²) in [4.78, 5) is 27.9. The molecule has 0 saturated carbocycles. The highest BCUT2D eigenvalue weighted by atomic mass is 19.2. The Labute approximate surface area is 475 Å². The fourth-order valence-corrected chi connectivity index (χ4v) is 11.4. The van der Waals surface area contributed by atoms with E-state index in [9.17, 15) is 13.6 Å². The molecule has 8 bridgehead atoms. The maximum atomic E-state index is 16.8. The molecule has 88 heavy (non-hydrogen) atoms. The van der Waals surface area contributed by atoms with E-state index in [1.165, 1.54) is 41.3 Å². The number of para-hydroxylation sites is 1. The van der Waals surface area contributed by atoms with Gasteiger partial charge in [0.05, 0.1) is 50.4 Å². The maximum absolute atomic E-state index is 16.8. The van der Waals surface area contributed by atoms with Gasteiger partial charge in [0.15, 0.2) is 98.5 Å². The maximum Gasteiger partial charge on any atom is 0.200 e. The van der Waals surface area contributed by atoms with Crippen LogP contribution in [0.2, 0.25) is 0 Å². The molecule has 444 valence electrons. The monoisotopic (exact) mass is 1240 g/mol. The Hall–Kier alpha value is -10.2. The first-order valence-corrected chi connectivity index (χ1v) is 25.3. The number of fused-ring (bicyclic) bond motifs is 12. The fraction of sp³-hybridized carbons (Fsp3) is 0.0656. The van der Waals surface area contributed by atoms with Crippen molar-refractivity contribution < 1.29 is 92.2 Å². The molecular weight excluding hydrogens is 1210 g/mol. The Morgan fingerprint density at radius 2 is 0.727 bits per heavy atom. The molecule has 0 amide bonds. The lowest BCUT2D eigenvalue weighted by molar-refractivity contribution is 0.381. The van der Waals surface area contributed by atoms with Gasteiger partial charge in [-0.1, -0.05) is 24.3 Å². The molecule has 10 aromatic rings. The van der Waals surface area contributed by atoms with Crippen molar-refractivity contribution in [3.8, 4) is 55.8 Å². The van der Waals surface area contributed by atoms with E-state index in [1.807, 2.05) is 0 Å². The highest BCUT2D eigenvalue weighted by molar-refractivity contribution is 5.98. The molecule has 27 heteroatoms. The molecule has 0 aliphatic carbocycles. The minimum atomic E-state index is -2.74. The van der Waals surface area contributed by atoms with E-state index in [4.69, 9.17) is 4.42 Å². The normalized spacial score (nSPS) is 14.7. The van der Waals surface area contributed by atoms with Crippen LogP contribution in [0.4, 0.5) is 93.5 Å². The van der Waals surface area contributed by atoms with Gasteiger partial charge in [0.2, 0.25) is 23.3 Å². The predicted octanol–water partition coefficient (Wildman–Crippen LogP) is 17.1. The molecule has 3 aliphatic heterocycles. The first-order chi connectivity index (χ1) is 41.9. The molecule has 7 nitrogen and oxygen atoms in total. The molecule has 1 saturated heterocycles. The molecule has 13 rings (SSSR count). The van der Waals surface area contributed by atoms with Gasteiger partial charge in [0, 0.05) is 86.6 Å². The number of aromatic amines is 2. The van der Waals surface area contributed by atoms with Gasteiger partial charge in [-0.25, -0.2) is 92.8 Å². The number of hydrogen-bond donors (Lipinski definition) is 2. The van der Waals surface area contributed by atoms with Crippen molar-refractivity contribution in [3.05, 3.63) is 228 Å². The number of H-pyrrole nitrogens is 2. The van der Waals surface area contributed by atoms with Crippen molar-refractivity contribution >= 4 is 50.9 Å². The third kappa shape index (κ3) is 8.32. The number of hydrogen-bond acceptors (Lipinski definition) is 5. The number of aromatic nitrogens is 4. The van der Waals surface area contributed by atoms with Crippen molar-refractivity contribution in [2.45, 2.75) is 11.8 Å². The lowest BCUT2D eigenvalue weighted by Crippen LogP contribution is -2.20. The van der Waals surface area contributed by atoms with Crippen LogP contribution in [0.3, 0.4) is 0 Å². The zero-order valence-corrected chi connectivity index (χ0v) is 42.9. The average Bonchev–Trinajstić information content (AvgIpc) is 1.59. The summed E-state index contributed by atoms with van der Waals surface area (Å²) in [6.07, 6.45) is 1.22. The first-order valence-electron chi connectivity index (χ1n) is 25.3. The standard InChI is InChI=1S/C61H23F20N5O2/c62-40-36(41(63)49(71)56(78)48(40)70)32-23-8-9-24(82-23)33(37-42(64)50(72)57(79)51(73)43(37)65)26-11-13-28(84-26)35(39-46(68)54(76)59(81)55(77)47(39)69)61-22-17-86(19-5-3-4-18(14-19)31-15-29(87)20-6-1-2-7-30(20)88-31)16-21(22)60(85-61)34(27-12-10-25(32)83-27)38-44(66)52(74)58(80)53(75)45(38)67/h1-15,21-22,83-84H,16-17H2. The summed E-state index contributed by atoms with van der Waals surface area (Å²) in [7, 11) is 0. The van der Waals surface area contributed by atoms with Crippen LogP contribution in [0, 0.1) is 116 Å². The number of halogens is 20. The number of benzene rings is 6. The van der Waals surface area contributed by atoms with Gasteiger partial charge in [0.1, 0.15) is 11.3 Å². The van der Waals surface area contributed by atoms with Crippen molar-refractivity contribution in [1.29, 1.82) is 0 Å². The Morgan fingerprint density at radius 3 is 1.12 bits per heavy atom. The largest absolute Gasteiger partial charge is 0.456 e. The highest BCUT2D eigenvalue weighted by Crippen LogP contribution is 2.53. The molecule has 2 unspecified atom stereocenters. The number of anilines is 1. The molecule has 6 aromatic carbocycles. The smallest absolute Gasteiger partial charge is 0.200 e. The minimum Gasteiger partial charge on any atom is -0.456 e. The van der Waals surface area contributed by atoms with Gasteiger partial charge >= 0.3 is 0 Å². The summed E-state index contributed by atoms with van der Waals surface area (Å²) in [5.41, 5.74) is -20.4. The van der Waals surface area contributed by atoms with Gasteiger partial charge in [-0.15, -0.1) is 0 Å². The minimum absolute atomic E-state index is 0.0292. The fourth-order valence-electron chi connectivity index (χ4n) is 11.4. The summed E-state index contributed by atoms with van der Waals surface area (Å²) in [5.74, 6) is -56.4. The molecule has 2 atom stereocenters. The second kappa shape index (κ2) is 20.5. The second-order valence-electron chi connectivity index (χ2n) is 20.1. The van der Waals surface area contributed by atoms with Crippen LogP contribution in [0.5, 0.6) is 0 Å². The van der Waals surface area contributed by atoms with Crippen LogP contribution in [0.25, 0.3) is 101 Å². The third-order valence-corrected chi connectivity index (χ3v) is 15.3. The Morgan fingerprint density at radius 1 is 0.375 bits per heavy atom. The van der Waals surface area contributed by atoms with Crippen LogP contribution in [-0.2, 0) is 0 Å². The van der Waals surface area contributed by atoms with Crippen LogP contribution >= 0.6 is 0 Å². The quantitative estimate of drug-likeness (QED) is 0.0983. The second-order valence-corrected chi connectivity index (χ2v) is 20.1. The number of nitrogens with zero attached hydrogens (tertiary/aromatic N) is 3. The zero-order valence-electron chi connectivity index (χ0n) is 42.9. The summed E-state index contributed by atoms with van der Waals surface area (Å²) in [6.45, 7) is -1.18. The molecular formula is C61H23F20N5O2. The van der Waals surface area contributed by atoms with Crippen LogP contribution < -0.4 is 10.3 Å². The van der Waals surface area contributed by atoms with Crippen LogP contribution in [0.1, 0.15) is 34.6 Å². The third-order valence-electron chi connectivity index (χ3n) is 15.3. The topological polar surface area (TPSA) is 90.8 Å². The van der Waals surface area contributed by atoms with E-state index in [2.05, 4.69) is 19.9 Å². The van der Waals surface area contributed by atoms with E-state index in [0.717, 1.165) is 6.07 Å². The van der Waals surface area contributed by atoms with E-state index < -0.39 is 236 Å². The highest BCUT2D eigenvalue weighted by Gasteiger charge is 2.46. The van der Waals surface area contributed by atoms with Gasteiger partial charge in [-0.05, 0) is 60.7 Å². The van der Waals surface area contributed by atoms with E-state index >= 15 is 79.0 Å². The van der Waals surface area contributed by atoms with Crippen molar-refractivity contribution in [2.75, 3.05) is 18.0 Å². The number of rotatable bonds is 6. The van der Waals surface area contributed by atoms with Crippen molar-refractivity contribution in [3.63, 3.8) is 0 Å². The molecule has 1 fully saturated rings. The SMILES string of the molecule is O=c1cc(-c2cccc(N3CC4c5nc(c(-c6c(F)c(F)c(F)c(F)c6F)c6ccc([nH]6)c(-c6c(F)c(F)c(F)c(F)c6F)c6nc(c(-c7c(F)c(F)c(F)c(F)c7F)c7ccc([nH]7)c5-c5c(F)c(F)c(F)c(F)c5F)C=C6)C4C3)c2)oc2ccccc12. The summed E-state index contributed by atoms with van der Waals surface area (Å²) in [6, 6.07) is 15.7. The van der Waals surface area contributed by atoms with Gasteiger partial charge < -0.3 is 19.3 Å². The Kier molecular flexibility index (Phi) is 13.2. The van der Waals surface area contributed by atoms with E-state index in [-0.39, 0.29) is 28.0 Å². The molecule has 0 spiro atoms. The Bertz CT molecular complexity index is 4720. The average molecular weight is 1240 g/mol. The summed E-state index contributed by atoms with van der Waals surface area (Å²) < 4.78 is 322. The van der Waals surface area contributed by atoms with Crippen LogP contribution in [-0.4, -0.2) is 33.0 Å². The first kappa shape index (κ1) is 56.9. The van der Waals surface area contributed by atoms with E-state index in [0.29, 0.717) is 36.4 Å². The molecule has 3 aliphatic rings. The van der Waals surface area contributed by atoms with Crippen molar-refractivity contribution in [1.82, 2.24) is 19.9 Å². The van der Waals surface area contributed by atoms with Crippen molar-refractivity contribution in [2.24, 2.45) is 0 Å². The zero-order chi connectivity index (χ0) is 62.5. The molecule has 7 heterocycles. The van der Waals surface area contributed by atoms with Crippen LogP contribution in [0.15, 0.2) is 88.1 Å².